The van der Waals surface area contributed by atoms with Crippen molar-refractivity contribution in [2.24, 2.45) is 0 Å². The van der Waals surface area contributed by atoms with Crippen LogP contribution in [0.3, 0.4) is 0 Å². The van der Waals surface area contributed by atoms with Gasteiger partial charge in [-0.3, -0.25) is 9.78 Å². The van der Waals surface area contributed by atoms with Gasteiger partial charge in [0.05, 0.1) is 11.9 Å². The van der Waals surface area contributed by atoms with E-state index >= 15 is 0 Å². The lowest BCUT2D eigenvalue weighted by Crippen LogP contribution is -2.44. The fourth-order valence-electron chi connectivity index (χ4n) is 2.55. The van der Waals surface area contributed by atoms with Gasteiger partial charge in [-0.15, -0.1) is 0 Å². The number of carbonyl (C=O) groups is 1. The molecule has 2 aromatic rings. The lowest BCUT2D eigenvalue weighted by Gasteiger charge is -2.34. The predicted molar refractivity (Wildman–Crippen MR) is 75.7 cm³/mol. The van der Waals surface area contributed by atoms with E-state index in [1.54, 1.807) is 29.4 Å². The van der Waals surface area contributed by atoms with E-state index in [-0.39, 0.29) is 11.9 Å². The normalized spacial score (nSPS) is 18.3. The zero-order chi connectivity index (χ0) is 13.4. The Kier molecular flexibility index (Phi) is 2.99. The summed E-state index contributed by atoms with van der Waals surface area (Å²) in [4.78, 5) is 18.5. The van der Waals surface area contributed by atoms with Crippen molar-refractivity contribution in [1.29, 1.82) is 0 Å². The average Bonchev–Trinajstić information content (AvgIpc) is 2.39. The monoisotopic (exact) mass is 272 g/mol. The summed E-state index contributed by atoms with van der Waals surface area (Å²) in [6, 6.07) is 9.29. The van der Waals surface area contributed by atoms with E-state index in [4.69, 9.17) is 11.6 Å². The summed E-state index contributed by atoms with van der Waals surface area (Å²) in [6.45, 7) is 2.04. The molecule has 1 amide bonds. The van der Waals surface area contributed by atoms with Crippen LogP contribution in [0.4, 0.5) is 5.69 Å². The third kappa shape index (κ3) is 2.10. The number of anilines is 1. The zero-order valence-electron chi connectivity index (χ0n) is 10.5. The summed E-state index contributed by atoms with van der Waals surface area (Å²) in [5, 5.41) is 0.675. The van der Waals surface area contributed by atoms with E-state index in [0.717, 1.165) is 23.2 Å². The van der Waals surface area contributed by atoms with Crippen molar-refractivity contribution < 1.29 is 4.79 Å². The number of amides is 1. The SMILES string of the molecule is CC1Cc2cc(Cl)ccc2C(=O)N1c1cccnc1. The summed E-state index contributed by atoms with van der Waals surface area (Å²) >= 11 is 5.99. The fraction of sp³-hybridized carbons (Fsp3) is 0.200. The molecule has 0 bridgehead atoms. The van der Waals surface area contributed by atoms with Crippen LogP contribution in [0.15, 0.2) is 42.7 Å². The molecule has 1 aromatic carbocycles. The van der Waals surface area contributed by atoms with Gasteiger partial charge in [0.15, 0.2) is 0 Å². The molecule has 1 unspecified atom stereocenters. The quantitative estimate of drug-likeness (QED) is 0.798. The molecule has 1 aliphatic heterocycles. The van der Waals surface area contributed by atoms with Crippen LogP contribution in [-0.4, -0.2) is 16.9 Å². The van der Waals surface area contributed by atoms with E-state index in [0.29, 0.717) is 5.02 Å². The van der Waals surface area contributed by atoms with E-state index < -0.39 is 0 Å². The van der Waals surface area contributed by atoms with Crippen molar-refractivity contribution in [1.82, 2.24) is 4.98 Å². The first-order valence-electron chi connectivity index (χ1n) is 6.19. The maximum Gasteiger partial charge on any atom is 0.258 e. The minimum absolute atomic E-state index is 0.0124. The maximum absolute atomic E-state index is 12.6. The zero-order valence-corrected chi connectivity index (χ0v) is 11.3. The number of aromatic nitrogens is 1. The molecule has 0 spiro atoms. The molecule has 0 radical (unpaired) electrons. The Morgan fingerprint density at radius 2 is 2.21 bits per heavy atom. The third-order valence-electron chi connectivity index (χ3n) is 3.40. The molecule has 19 heavy (non-hydrogen) atoms. The first kappa shape index (κ1) is 12.2. The van der Waals surface area contributed by atoms with Crippen LogP contribution in [0, 0.1) is 0 Å². The fourth-order valence-corrected chi connectivity index (χ4v) is 2.74. The van der Waals surface area contributed by atoms with Gasteiger partial charge in [-0.25, -0.2) is 0 Å². The molecule has 1 aromatic heterocycles. The first-order valence-corrected chi connectivity index (χ1v) is 6.56. The number of benzene rings is 1. The smallest absolute Gasteiger partial charge is 0.258 e. The molecule has 0 aliphatic carbocycles. The molecule has 0 N–H and O–H groups in total. The molecule has 2 heterocycles. The largest absolute Gasteiger partial charge is 0.304 e. The number of carbonyl (C=O) groups excluding carboxylic acids is 1. The Labute approximate surface area is 116 Å². The van der Waals surface area contributed by atoms with E-state index in [1.807, 2.05) is 25.1 Å². The standard InChI is InChI=1S/C15H13ClN2O/c1-10-7-11-8-12(16)4-5-14(11)15(19)18(10)13-3-2-6-17-9-13/h2-6,8-10H,7H2,1H3. The third-order valence-corrected chi connectivity index (χ3v) is 3.63. The van der Waals surface area contributed by atoms with Gasteiger partial charge in [-0.2, -0.15) is 0 Å². The maximum atomic E-state index is 12.6. The topological polar surface area (TPSA) is 33.2 Å². The van der Waals surface area contributed by atoms with Crippen LogP contribution in [0.5, 0.6) is 0 Å². The lowest BCUT2D eigenvalue weighted by atomic mass is 9.94. The van der Waals surface area contributed by atoms with Gasteiger partial charge >= 0.3 is 0 Å². The second-order valence-corrected chi connectivity index (χ2v) is 5.18. The average molecular weight is 273 g/mol. The molecule has 96 valence electrons. The van der Waals surface area contributed by atoms with Gasteiger partial charge in [0.2, 0.25) is 0 Å². The first-order chi connectivity index (χ1) is 9.16. The highest BCUT2D eigenvalue weighted by Crippen LogP contribution is 2.29. The Hall–Kier alpha value is -1.87. The van der Waals surface area contributed by atoms with Crippen molar-refractivity contribution >= 4 is 23.2 Å². The molecular weight excluding hydrogens is 260 g/mol. The van der Waals surface area contributed by atoms with Crippen molar-refractivity contribution in [2.45, 2.75) is 19.4 Å². The molecule has 1 atom stereocenters. The highest BCUT2D eigenvalue weighted by molar-refractivity contribution is 6.30. The van der Waals surface area contributed by atoms with Crippen LogP contribution in [-0.2, 0) is 6.42 Å². The molecule has 3 rings (SSSR count). The summed E-state index contributed by atoms with van der Waals surface area (Å²) in [6.07, 6.45) is 4.22. The van der Waals surface area contributed by atoms with Gasteiger partial charge in [0.1, 0.15) is 0 Å². The van der Waals surface area contributed by atoms with Crippen molar-refractivity contribution in [2.75, 3.05) is 4.90 Å². The Morgan fingerprint density at radius 3 is 2.95 bits per heavy atom. The Morgan fingerprint density at radius 1 is 1.37 bits per heavy atom. The Balaban J connectivity index is 2.06. The molecule has 0 saturated heterocycles. The number of halogens is 1. The van der Waals surface area contributed by atoms with Crippen LogP contribution < -0.4 is 4.90 Å². The van der Waals surface area contributed by atoms with E-state index in [1.165, 1.54) is 0 Å². The second kappa shape index (κ2) is 4.67. The van der Waals surface area contributed by atoms with Gasteiger partial charge in [-0.1, -0.05) is 11.6 Å². The second-order valence-electron chi connectivity index (χ2n) is 4.74. The minimum Gasteiger partial charge on any atom is -0.304 e. The number of fused-ring (bicyclic) bond motifs is 1. The van der Waals surface area contributed by atoms with Crippen LogP contribution in [0.2, 0.25) is 5.02 Å². The summed E-state index contributed by atoms with van der Waals surface area (Å²) in [7, 11) is 0. The lowest BCUT2D eigenvalue weighted by molar-refractivity contribution is 0.0969. The van der Waals surface area contributed by atoms with Crippen molar-refractivity contribution in [3.8, 4) is 0 Å². The number of hydrogen-bond acceptors (Lipinski definition) is 2. The molecule has 4 heteroatoms. The molecule has 0 fully saturated rings. The number of nitrogens with zero attached hydrogens (tertiary/aromatic N) is 2. The number of rotatable bonds is 1. The van der Waals surface area contributed by atoms with E-state index in [9.17, 15) is 4.79 Å². The van der Waals surface area contributed by atoms with Gasteiger partial charge in [-0.05, 0) is 49.2 Å². The minimum atomic E-state index is 0.0124. The van der Waals surface area contributed by atoms with Crippen molar-refractivity contribution in [3.05, 3.63) is 58.9 Å². The predicted octanol–water partition coefficient (Wildman–Crippen LogP) is 3.33. The summed E-state index contributed by atoms with van der Waals surface area (Å²) in [5.74, 6) is 0.0124. The van der Waals surface area contributed by atoms with Crippen LogP contribution in [0.1, 0.15) is 22.8 Å². The van der Waals surface area contributed by atoms with Crippen LogP contribution in [0.25, 0.3) is 0 Å². The molecule has 1 aliphatic rings. The van der Waals surface area contributed by atoms with Gasteiger partial charge in [0, 0.05) is 22.8 Å². The van der Waals surface area contributed by atoms with Crippen LogP contribution >= 0.6 is 11.6 Å². The summed E-state index contributed by atoms with van der Waals surface area (Å²) < 4.78 is 0. The highest BCUT2D eigenvalue weighted by Gasteiger charge is 2.30. The molecular formula is C15H13ClN2O. The van der Waals surface area contributed by atoms with E-state index in [2.05, 4.69) is 4.98 Å². The number of hydrogen-bond donors (Lipinski definition) is 0. The van der Waals surface area contributed by atoms with Gasteiger partial charge in [0.25, 0.3) is 5.91 Å². The highest BCUT2D eigenvalue weighted by atomic mass is 35.5. The molecule has 0 saturated carbocycles. The summed E-state index contributed by atoms with van der Waals surface area (Å²) in [5.41, 5.74) is 2.58. The van der Waals surface area contributed by atoms with Crippen molar-refractivity contribution in [3.63, 3.8) is 0 Å². The Bertz CT molecular complexity index is 627. The van der Waals surface area contributed by atoms with Gasteiger partial charge < -0.3 is 4.90 Å². The number of pyridine rings is 1. The molecule has 3 nitrogen and oxygen atoms in total.